The van der Waals surface area contributed by atoms with Crippen LogP contribution in [0.1, 0.15) is 12.0 Å². The summed E-state index contributed by atoms with van der Waals surface area (Å²) in [5.74, 6) is 1.41. The first-order valence-electron chi connectivity index (χ1n) is 5.63. The fourth-order valence-corrected chi connectivity index (χ4v) is 2.46. The molecule has 0 aliphatic carbocycles. The van der Waals surface area contributed by atoms with E-state index in [1.807, 2.05) is 41.8 Å². The number of benzene rings is 1. The highest BCUT2D eigenvalue weighted by Gasteiger charge is 1.98. The Morgan fingerprint density at radius 2 is 2.06 bits per heavy atom. The van der Waals surface area contributed by atoms with Crippen molar-refractivity contribution in [3.05, 3.63) is 42.2 Å². The molecule has 2 rings (SSSR count). The van der Waals surface area contributed by atoms with E-state index in [4.69, 9.17) is 5.11 Å². The first-order valence-corrected chi connectivity index (χ1v) is 6.62. The fraction of sp³-hybridized carbons (Fsp3) is 0.308. The van der Waals surface area contributed by atoms with Gasteiger partial charge < -0.3 is 5.11 Å². The molecule has 2 aromatic rings. The van der Waals surface area contributed by atoms with Crippen molar-refractivity contribution in [1.29, 1.82) is 0 Å². The summed E-state index contributed by atoms with van der Waals surface area (Å²) in [6.07, 6.45) is 6.19. The molecule has 0 aliphatic heterocycles. The van der Waals surface area contributed by atoms with Gasteiger partial charge in [-0.2, -0.15) is 5.10 Å². The van der Waals surface area contributed by atoms with E-state index in [1.165, 1.54) is 10.5 Å². The van der Waals surface area contributed by atoms with Crippen molar-refractivity contribution in [2.24, 2.45) is 7.05 Å². The molecule has 1 aromatic heterocycles. The molecule has 17 heavy (non-hydrogen) atoms. The second kappa shape index (κ2) is 5.77. The van der Waals surface area contributed by atoms with Crippen LogP contribution in [0.2, 0.25) is 0 Å². The van der Waals surface area contributed by atoms with Gasteiger partial charge in [0, 0.05) is 18.1 Å². The van der Waals surface area contributed by atoms with Crippen LogP contribution in [-0.2, 0) is 13.5 Å². The standard InChI is InChI=1S/C13H16N2OS/c1-15-10-11(9-14-15)3-2-8-17-13-6-4-12(16)5-7-13/h4-7,9-10,16H,2-3,8H2,1H3. The van der Waals surface area contributed by atoms with Crippen molar-refractivity contribution in [3.8, 4) is 5.75 Å². The van der Waals surface area contributed by atoms with Crippen molar-refractivity contribution in [2.45, 2.75) is 17.7 Å². The Balaban J connectivity index is 1.71. The largest absolute Gasteiger partial charge is 0.508 e. The van der Waals surface area contributed by atoms with Crippen LogP contribution in [-0.4, -0.2) is 20.6 Å². The number of phenols is 1. The Morgan fingerprint density at radius 1 is 1.29 bits per heavy atom. The van der Waals surface area contributed by atoms with Gasteiger partial charge in [-0.3, -0.25) is 4.68 Å². The Kier molecular flexibility index (Phi) is 4.09. The number of thioether (sulfide) groups is 1. The van der Waals surface area contributed by atoms with E-state index in [1.54, 1.807) is 12.1 Å². The summed E-state index contributed by atoms with van der Waals surface area (Å²) in [6.45, 7) is 0. The third-order valence-electron chi connectivity index (χ3n) is 2.47. The van der Waals surface area contributed by atoms with E-state index in [0.29, 0.717) is 5.75 Å². The van der Waals surface area contributed by atoms with E-state index in [0.717, 1.165) is 18.6 Å². The van der Waals surface area contributed by atoms with Crippen LogP contribution < -0.4 is 0 Å². The highest BCUT2D eigenvalue weighted by molar-refractivity contribution is 7.99. The van der Waals surface area contributed by atoms with E-state index in [-0.39, 0.29) is 0 Å². The van der Waals surface area contributed by atoms with Crippen molar-refractivity contribution >= 4 is 11.8 Å². The maximum Gasteiger partial charge on any atom is 0.115 e. The van der Waals surface area contributed by atoms with Gasteiger partial charge in [0.2, 0.25) is 0 Å². The molecule has 0 radical (unpaired) electrons. The smallest absolute Gasteiger partial charge is 0.115 e. The Morgan fingerprint density at radius 3 is 2.71 bits per heavy atom. The SMILES string of the molecule is Cn1cc(CCCSc2ccc(O)cc2)cn1. The number of hydrogen-bond donors (Lipinski definition) is 1. The summed E-state index contributed by atoms with van der Waals surface area (Å²) in [5.41, 5.74) is 1.29. The number of aromatic nitrogens is 2. The van der Waals surface area contributed by atoms with Gasteiger partial charge >= 0.3 is 0 Å². The molecule has 4 heteroatoms. The van der Waals surface area contributed by atoms with E-state index < -0.39 is 0 Å². The fourth-order valence-electron chi connectivity index (χ4n) is 1.61. The zero-order chi connectivity index (χ0) is 12.1. The molecule has 0 saturated carbocycles. The topological polar surface area (TPSA) is 38.0 Å². The molecule has 0 bridgehead atoms. The summed E-state index contributed by atoms with van der Waals surface area (Å²) in [4.78, 5) is 1.20. The molecule has 90 valence electrons. The summed E-state index contributed by atoms with van der Waals surface area (Å²) in [7, 11) is 1.94. The van der Waals surface area contributed by atoms with Crippen LogP contribution in [0.25, 0.3) is 0 Å². The van der Waals surface area contributed by atoms with Crippen LogP contribution in [0, 0.1) is 0 Å². The van der Waals surface area contributed by atoms with Gasteiger partial charge in [0.15, 0.2) is 0 Å². The highest BCUT2D eigenvalue weighted by atomic mass is 32.2. The monoisotopic (exact) mass is 248 g/mol. The van der Waals surface area contributed by atoms with E-state index in [2.05, 4.69) is 11.3 Å². The van der Waals surface area contributed by atoms with Crippen LogP contribution in [0.15, 0.2) is 41.6 Å². The average molecular weight is 248 g/mol. The van der Waals surface area contributed by atoms with Crippen molar-refractivity contribution in [3.63, 3.8) is 0 Å². The van der Waals surface area contributed by atoms with Crippen molar-refractivity contribution in [1.82, 2.24) is 9.78 Å². The van der Waals surface area contributed by atoms with E-state index >= 15 is 0 Å². The van der Waals surface area contributed by atoms with Crippen LogP contribution >= 0.6 is 11.8 Å². The minimum atomic E-state index is 0.324. The molecule has 1 heterocycles. The first kappa shape index (κ1) is 12.0. The van der Waals surface area contributed by atoms with Gasteiger partial charge in [-0.05, 0) is 48.4 Å². The summed E-state index contributed by atoms with van der Waals surface area (Å²) in [5, 5.41) is 13.3. The lowest BCUT2D eigenvalue weighted by molar-refractivity contribution is 0.475. The second-order valence-corrected chi connectivity index (χ2v) is 5.14. The van der Waals surface area contributed by atoms with Gasteiger partial charge in [0.25, 0.3) is 0 Å². The molecule has 3 nitrogen and oxygen atoms in total. The predicted octanol–water partition coefficient (Wildman–Crippen LogP) is 2.85. The number of aryl methyl sites for hydroxylation is 2. The molecule has 1 N–H and O–H groups in total. The average Bonchev–Trinajstić information content (AvgIpc) is 2.73. The van der Waals surface area contributed by atoms with Gasteiger partial charge in [-0.15, -0.1) is 11.8 Å². The van der Waals surface area contributed by atoms with Crippen molar-refractivity contribution in [2.75, 3.05) is 5.75 Å². The van der Waals surface area contributed by atoms with Gasteiger partial charge in [0.1, 0.15) is 5.75 Å². The number of hydrogen-bond acceptors (Lipinski definition) is 3. The highest BCUT2D eigenvalue weighted by Crippen LogP contribution is 2.21. The molecule has 0 aliphatic rings. The minimum Gasteiger partial charge on any atom is -0.508 e. The molecular formula is C13H16N2OS. The first-order chi connectivity index (χ1) is 8.24. The molecule has 0 saturated heterocycles. The molecular weight excluding hydrogens is 232 g/mol. The Labute approximate surface area is 105 Å². The second-order valence-electron chi connectivity index (χ2n) is 3.97. The molecule has 0 amide bonds. The quantitative estimate of drug-likeness (QED) is 0.653. The Hall–Kier alpha value is -1.42. The van der Waals surface area contributed by atoms with Crippen LogP contribution in [0.4, 0.5) is 0 Å². The lowest BCUT2D eigenvalue weighted by atomic mass is 10.2. The lowest BCUT2D eigenvalue weighted by Crippen LogP contribution is -1.87. The number of aromatic hydroxyl groups is 1. The number of rotatable bonds is 5. The summed E-state index contributed by atoms with van der Waals surface area (Å²) in [6, 6.07) is 7.35. The van der Waals surface area contributed by atoms with Crippen molar-refractivity contribution < 1.29 is 5.11 Å². The predicted molar refractivity (Wildman–Crippen MR) is 70.4 cm³/mol. The molecule has 0 atom stereocenters. The van der Waals surface area contributed by atoms with Gasteiger partial charge in [-0.25, -0.2) is 0 Å². The van der Waals surface area contributed by atoms with E-state index in [9.17, 15) is 0 Å². The molecule has 0 fully saturated rings. The third-order valence-corrected chi connectivity index (χ3v) is 3.57. The van der Waals surface area contributed by atoms with Gasteiger partial charge in [-0.1, -0.05) is 0 Å². The van der Waals surface area contributed by atoms with Crippen LogP contribution in [0.5, 0.6) is 5.75 Å². The normalized spacial score (nSPS) is 10.6. The maximum absolute atomic E-state index is 9.16. The lowest BCUT2D eigenvalue weighted by Gasteiger charge is -2.01. The van der Waals surface area contributed by atoms with Crippen LogP contribution in [0.3, 0.4) is 0 Å². The summed E-state index contributed by atoms with van der Waals surface area (Å²) >= 11 is 1.82. The molecule has 0 spiro atoms. The zero-order valence-electron chi connectivity index (χ0n) is 9.84. The van der Waals surface area contributed by atoms with Gasteiger partial charge in [0.05, 0.1) is 6.20 Å². The molecule has 1 aromatic carbocycles. The minimum absolute atomic E-state index is 0.324. The Bertz CT molecular complexity index is 465. The number of phenolic OH excluding ortho intramolecular Hbond substituents is 1. The zero-order valence-corrected chi connectivity index (χ0v) is 10.7. The maximum atomic E-state index is 9.16. The third kappa shape index (κ3) is 3.82. The molecule has 0 unspecified atom stereocenters. The summed E-state index contributed by atoms with van der Waals surface area (Å²) < 4.78 is 1.84. The number of nitrogens with zero attached hydrogens (tertiary/aromatic N) is 2.